The highest BCUT2D eigenvalue weighted by atomic mass is 15.1. The molecule has 0 spiro atoms. The smallest absolute Gasteiger partial charge is 0.0540 e. The van der Waals surface area contributed by atoms with Gasteiger partial charge in [-0.3, -0.25) is 0 Å². The van der Waals surface area contributed by atoms with Gasteiger partial charge in [0.05, 0.1) is 5.69 Å². The van der Waals surface area contributed by atoms with E-state index in [1.165, 1.54) is 88.3 Å². The maximum absolute atomic E-state index is 2.45. The van der Waals surface area contributed by atoms with Crippen molar-refractivity contribution in [2.24, 2.45) is 0 Å². The van der Waals surface area contributed by atoms with E-state index in [2.05, 4.69) is 243 Å². The Hall–Kier alpha value is -7.48. The zero-order valence-corrected chi connectivity index (χ0v) is 33.8. The van der Waals surface area contributed by atoms with Gasteiger partial charge in [0.25, 0.3) is 0 Å². The van der Waals surface area contributed by atoms with Crippen LogP contribution in [0.5, 0.6) is 0 Å². The van der Waals surface area contributed by atoms with E-state index in [0.29, 0.717) is 0 Å². The Balaban J connectivity index is 1.04. The van der Waals surface area contributed by atoms with Crippen molar-refractivity contribution >= 4 is 38.6 Å². The van der Waals surface area contributed by atoms with Crippen LogP contribution in [0.25, 0.3) is 77.2 Å². The highest BCUT2D eigenvalue weighted by Gasteiger charge is 2.36. The standard InChI is InChI=1S/C59H43N/c1-59(2)56-38-46(52-24-13-19-43-17-7-9-21-50(43)52)32-36-54(56)55-37-35-48(39-57(55)59)60(47-33-30-44(31-34-47)51-23-12-18-42-16-6-8-20-49(42)51)58-25-11-10-22-53(58)45-28-26-41(27-29-45)40-14-4-3-5-15-40/h3-39H,1-2H3. The summed E-state index contributed by atoms with van der Waals surface area (Å²) in [6.45, 7) is 4.78. The first-order chi connectivity index (χ1) is 29.5. The second kappa shape index (κ2) is 14.4. The molecule has 284 valence electrons. The van der Waals surface area contributed by atoms with E-state index >= 15 is 0 Å². The number of hydrogen-bond acceptors (Lipinski definition) is 1. The SMILES string of the molecule is CC1(C)c2cc(-c3cccc4ccccc34)ccc2-c2ccc(N(c3ccc(-c4cccc5ccccc45)cc3)c3ccccc3-c3ccc(-c4ccccc4)cc3)cc21. The first kappa shape index (κ1) is 35.7. The van der Waals surface area contributed by atoms with Crippen LogP contribution in [-0.2, 0) is 5.41 Å². The van der Waals surface area contributed by atoms with Crippen molar-refractivity contribution < 1.29 is 0 Å². The van der Waals surface area contributed by atoms with Gasteiger partial charge in [0.15, 0.2) is 0 Å². The van der Waals surface area contributed by atoms with Gasteiger partial charge in [-0.1, -0.05) is 202 Å². The van der Waals surface area contributed by atoms with E-state index in [1.807, 2.05) is 0 Å². The zero-order chi connectivity index (χ0) is 40.2. The molecule has 1 aliphatic carbocycles. The van der Waals surface area contributed by atoms with Crippen molar-refractivity contribution in [1.82, 2.24) is 0 Å². The number of rotatable bonds is 7. The molecule has 0 N–H and O–H groups in total. The van der Waals surface area contributed by atoms with E-state index in [9.17, 15) is 0 Å². The average Bonchev–Trinajstić information content (AvgIpc) is 3.54. The molecule has 0 amide bonds. The number of benzene rings is 10. The van der Waals surface area contributed by atoms with Gasteiger partial charge in [-0.05, 0) is 119 Å². The average molecular weight is 766 g/mol. The molecule has 60 heavy (non-hydrogen) atoms. The molecule has 1 heteroatoms. The number of para-hydroxylation sites is 1. The molecule has 1 nitrogen and oxygen atoms in total. The van der Waals surface area contributed by atoms with Gasteiger partial charge < -0.3 is 4.90 Å². The van der Waals surface area contributed by atoms with E-state index in [1.54, 1.807) is 0 Å². The molecule has 0 atom stereocenters. The van der Waals surface area contributed by atoms with E-state index < -0.39 is 0 Å². The molecule has 0 heterocycles. The molecule has 11 rings (SSSR count). The monoisotopic (exact) mass is 765 g/mol. The molecular formula is C59H43N. The van der Waals surface area contributed by atoms with E-state index in [-0.39, 0.29) is 5.41 Å². The highest BCUT2D eigenvalue weighted by molar-refractivity contribution is 5.99. The molecule has 0 radical (unpaired) electrons. The van der Waals surface area contributed by atoms with Crippen LogP contribution in [0, 0.1) is 0 Å². The van der Waals surface area contributed by atoms with E-state index in [4.69, 9.17) is 0 Å². The number of nitrogens with zero attached hydrogens (tertiary/aromatic N) is 1. The Morgan fingerprint density at radius 1 is 0.300 bits per heavy atom. The highest BCUT2D eigenvalue weighted by Crippen LogP contribution is 2.52. The topological polar surface area (TPSA) is 3.24 Å². The first-order valence-electron chi connectivity index (χ1n) is 20.9. The second-order valence-corrected chi connectivity index (χ2v) is 16.5. The lowest BCUT2D eigenvalue weighted by molar-refractivity contribution is 0.660. The third-order valence-corrected chi connectivity index (χ3v) is 12.7. The van der Waals surface area contributed by atoms with Gasteiger partial charge in [-0.25, -0.2) is 0 Å². The lowest BCUT2D eigenvalue weighted by Gasteiger charge is -2.30. The van der Waals surface area contributed by atoms with Crippen LogP contribution in [0.15, 0.2) is 224 Å². The molecular weight excluding hydrogens is 723 g/mol. The van der Waals surface area contributed by atoms with Crippen molar-refractivity contribution in [2.45, 2.75) is 19.3 Å². The predicted molar refractivity (Wildman–Crippen MR) is 255 cm³/mol. The molecule has 0 saturated carbocycles. The van der Waals surface area contributed by atoms with E-state index in [0.717, 1.165) is 17.1 Å². The van der Waals surface area contributed by atoms with Crippen LogP contribution >= 0.6 is 0 Å². The molecule has 0 saturated heterocycles. The zero-order valence-electron chi connectivity index (χ0n) is 33.8. The van der Waals surface area contributed by atoms with Gasteiger partial charge in [-0.15, -0.1) is 0 Å². The number of hydrogen-bond donors (Lipinski definition) is 0. The fourth-order valence-corrected chi connectivity index (χ4v) is 9.59. The Labute approximate surface area is 352 Å². The van der Waals surface area contributed by atoms with Crippen LogP contribution in [-0.4, -0.2) is 0 Å². The van der Waals surface area contributed by atoms with Crippen LogP contribution in [0.1, 0.15) is 25.0 Å². The summed E-state index contributed by atoms with van der Waals surface area (Å²) in [7, 11) is 0. The lowest BCUT2D eigenvalue weighted by Crippen LogP contribution is -2.17. The van der Waals surface area contributed by atoms with Crippen LogP contribution < -0.4 is 4.90 Å². The predicted octanol–water partition coefficient (Wildman–Crippen LogP) is 16.4. The summed E-state index contributed by atoms with van der Waals surface area (Å²) < 4.78 is 0. The van der Waals surface area contributed by atoms with Gasteiger partial charge in [0.1, 0.15) is 0 Å². The fourth-order valence-electron chi connectivity index (χ4n) is 9.59. The maximum Gasteiger partial charge on any atom is 0.0540 e. The summed E-state index contributed by atoms with van der Waals surface area (Å²) in [5.74, 6) is 0. The summed E-state index contributed by atoms with van der Waals surface area (Å²) in [6.07, 6.45) is 0. The third kappa shape index (κ3) is 6.01. The number of fused-ring (bicyclic) bond motifs is 5. The fraction of sp³-hybridized carbons (Fsp3) is 0.0508. The summed E-state index contributed by atoms with van der Waals surface area (Å²) in [6, 6.07) is 82.4. The molecule has 1 aliphatic rings. The quantitative estimate of drug-likeness (QED) is 0.156. The molecule has 0 bridgehead atoms. The summed E-state index contributed by atoms with van der Waals surface area (Å²) in [4.78, 5) is 2.45. The van der Waals surface area contributed by atoms with Crippen molar-refractivity contribution in [3.8, 4) is 55.6 Å². The largest absolute Gasteiger partial charge is 0.310 e. The molecule has 10 aromatic rings. The van der Waals surface area contributed by atoms with Gasteiger partial charge in [-0.2, -0.15) is 0 Å². The Kier molecular flexibility index (Phi) is 8.57. The van der Waals surface area contributed by atoms with Crippen molar-refractivity contribution in [1.29, 1.82) is 0 Å². The molecule has 0 aliphatic heterocycles. The molecule has 0 aromatic heterocycles. The second-order valence-electron chi connectivity index (χ2n) is 16.5. The first-order valence-corrected chi connectivity index (χ1v) is 20.9. The number of anilines is 3. The third-order valence-electron chi connectivity index (χ3n) is 12.7. The molecule has 0 unspecified atom stereocenters. The normalized spacial score (nSPS) is 12.6. The minimum Gasteiger partial charge on any atom is -0.310 e. The van der Waals surface area contributed by atoms with Crippen LogP contribution in [0.2, 0.25) is 0 Å². The summed E-state index contributed by atoms with van der Waals surface area (Å²) >= 11 is 0. The Bertz CT molecular complexity index is 3200. The van der Waals surface area contributed by atoms with Crippen molar-refractivity contribution in [3.05, 3.63) is 236 Å². The Morgan fingerprint density at radius 2 is 0.750 bits per heavy atom. The molecule has 0 fully saturated rings. The Morgan fingerprint density at radius 3 is 1.45 bits per heavy atom. The van der Waals surface area contributed by atoms with Crippen LogP contribution in [0.3, 0.4) is 0 Å². The van der Waals surface area contributed by atoms with Crippen molar-refractivity contribution in [2.75, 3.05) is 4.90 Å². The summed E-state index contributed by atoms with van der Waals surface area (Å²) in [5, 5.41) is 5.06. The summed E-state index contributed by atoms with van der Waals surface area (Å²) in [5.41, 5.74) is 18.3. The lowest BCUT2D eigenvalue weighted by atomic mass is 9.81. The minimum absolute atomic E-state index is 0.210. The van der Waals surface area contributed by atoms with Crippen molar-refractivity contribution in [3.63, 3.8) is 0 Å². The molecule has 10 aromatic carbocycles. The van der Waals surface area contributed by atoms with Gasteiger partial charge >= 0.3 is 0 Å². The maximum atomic E-state index is 2.45. The van der Waals surface area contributed by atoms with Crippen LogP contribution in [0.4, 0.5) is 17.1 Å². The van der Waals surface area contributed by atoms with Gasteiger partial charge in [0.2, 0.25) is 0 Å². The van der Waals surface area contributed by atoms with Gasteiger partial charge in [0, 0.05) is 22.4 Å². The minimum atomic E-state index is -0.210.